The lowest BCUT2D eigenvalue weighted by molar-refractivity contribution is 0.0977. The number of nitrogens with one attached hydrogen (secondary N) is 3. The molecule has 3 aromatic carbocycles. The van der Waals surface area contributed by atoms with E-state index in [1.54, 1.807) is 24.3 Å². The number of benzene rings is 3. The number of H-pyrrole nitrogens is 1. The number of fused-ring (bicyclic) bond motifs is 1. The first-order chi connectivity index (χ1) is 16.0. The number of hydrogen-bond acceptors (Lipinski definition) is 2. The molecule has 1 heterocycles. The number of halogens is 1. The molecule has 1 amide bonds. The summed E-state index contributed by atoms with van der Waals surface area (Å²) in [7, 11) is 0. The van der Waals surface area contributed by atoms with Crippen molar-refractivity contribution >= 4 is 40.1 Å². The van der Waals surface area contributed by atoms with E-state index in [0.29, 0.717) is 29.0 Å². The molecule has 0 saturated heterocycles. The third-order valence-electron chi connectivity index (χ3n) is 5.52. The number of rotatable bonds is 6. The third-order valence-corrected chi connectivity index (χ3v) is 5.85. The van der Waals surface area contributed by atoms with E-state index in [1.165, 1.54) is 16.5 Å². The van der Waals surface area contributed by atoms with Crippen molar-refractivity contribution in [1.29, 1.82) is 0 Å². The highest BCUT2D eigenvalue weighted by atomic mass is 35.5. The highest BCUT2D eigenvalue weighted by Gasteiger charge is 2.13. The first kappa shape index (κ1) is 22.6. The topological polar surface area (TPSA) is 69.3 Å². The summed E-state index contributed by atoms with van der Waals surface area (Å²) >= 11 is 6.21. The van der Waals surface area contributed by atoms with Crippen LogP contribution in [0.25, 0.3) is 10.9 Å². The zero-order valence-corrected chi connectivity index (χ0v) is 19.5. The summed E-state index contributed by atoms with van der Waals surface area (Å²) in [5, 5.41) is 7.72. The van der Waals surface area contributed by atoms with Crippen molar-refractivity contribution in [1.82, 2.24) is 10.3 Å². The quantitative estimate of drug-likeness (QED) is 0.231. The molecule has 1 aromatic heterocycles. The van der Waals surface area contributed by atoms with Crippen LogP contribution in [-0.2, 0) is 6.42 Å². The van der Waals surface area contributed by atoms with Crippen molar-refractivity contribution in [3.8, 4) is 0 Å². The minimum absolute atomic E-state index is 0.308. The number of para-hydroxylation sites is 1. The molecule has 168 valence electrons. The van der Waals surface area contributed by atoms with E-state index < -0.39 is 0 Å². The fourth-order valence-electron chi connectivity index (χ4n) is 3.65. The van der Waals surface area contributed by atoms with E-state index in [9.17, 15) is 4.79 Å². The molecule has 6 heteroatoms. The lowest BCUT2D eigenvalue weighted by Crippen LogP contribution is -2.36. The summed E-state index contributed by atoms with van der Waals surface area (Å²) in [6, 6.07) is 23.3. The number of aliphatic imine (C=N–C) groups is 1. The van der Waals surface area contributed by atoms with E-state index >= 15 is 0 Å². The molecule has 4 rings (SSSR count). The number of carbonyl (C=O) groups excluding carboxylic acids is 1. The van der Waals surface area contributed by atoms with Gasteiger partial charge in [-0.2, -0.15) is 0 Å². The van der Waals surface area contributed by atoms with Crippen molar-refractivity contribution < 1.29 is 4.79 Å². The Morgan fingerprint density at radius 1 is 1.00 bits per heavy atom. The number of nitrogens with zero attached hydrogens (tertiary/aromatic N) is 1. The molecule has 0 aliphatic heterocycles. The number of hydrogen-bond donors (Lipinski definition) is 3. The van der Waals surface area contributed by atoms with Gasteiger partial charge in [0.2, 0.25) is 5.96 Å². The standard InChI is InChI=1S/C27H27ClN4O/c1-18(2)19-11-13-21(14-12-19)31-27(32-26(33)23-8-3-5-9-24(23)28)29-16-15-20-17-30-25-10-6-4-7-22(20)25/h3-14,17-18,30H,15-16H2,1-2H3,(H2,29,31,32,33). The van der Waals surface area contributed by atoms with E-state index in [2.05, 4.69) is 58.7 Å². The molecule has 0 spiro atoms. The SMILES string of the molecule is CC(C)c1ccc(NC(=NCCc2c[nH]c3ccccc23)NC(=O)c2ccccc2Cl)cc1. The number of aromatic amines is 1. The monoisotopic (exact) mass is 458 g/mol. The van der Waals surface area contributed by atoms with Crippen LogP contribution in [0.3, 0.4) is 0 Å². The van der Waals surface area contributed by atoms with Gasteiger partial charge in [-0.3, -0.25) is 15.1 Å². The Kier molecular flexibility index (Phi) is 7.10. The fraction of sp³-hybridized carbons (Fsp3) is 0.185. The number of guanidine groups is 1. The molecule has 4 aromatic rings. The van der Waals surface area contributed by atoms with Crippen LogP contribution in [0.1, 0.15) is 41.3 Å². The molecular formula is C27H27ClN4O. The second-order valence-electron chi connectivity index (χ2n) is 8.18. The summed E-state index contributed by atoms with van der Waals surface area (Å²) < 4.78 is 0. The average molecular weight is 459 g/mol. The average Bonchev–Trinajstić information content (AvgIpc) is 3.23. The number of amides is 1. The Morgan fingerprint density at radius 2 is 1.73 bits per heavy atom. The smallest absolute Gasteiger partial charge is 0.259 e. The number of carbonyl (C=O) groups is 1. The normalized spacial score (nSPS) is 11.7. The van der Waals surface area contributed by atoms with Crippen LogP contribution in [0, 0.1) is 0 Å². The molecule has 0 fully saturated rings. The summed E-state index contributed by atoms with van der Waals surface area (Å²) in [6.45, 7) is 4.82. The van der Waals surface area contributed by atoms with Crippen LogP contribution < -0.4 is 10.6 Å². The number of anilines is 1. The Hall–Kier alpha value is -3.57. The van der Waals surface area contributed by atoms with E-state index in [0.717, 1.165) is 17.6 Å². The van der Waals surface area contributed by atoms with Crippen LogP contribution in [0.4, 0.5) is 5.69 Å². The second-order valence-corrected chi connectivity index (χ2v) is 8.58. The Bertz CT molecular complexity index is 1270. The van der Waals surface area contributed by atoms with Crippen molar-refractivity contribution in [2.24, 2.45) is 4.99 Å². The van der Waals surface area contributed by atoms with Gasteiger partial charge in [0.15, 0.2) is 0 Å². The zero-order chi connectivity index (χ0) is 23.2. The molecule has 33 heavy (non-hydrogen) atoms. The molecule has 0 saturated carbocycles. The van der Waals surface area contributed by atoms with Crippen LogP contribution in [0.5, 0.6) is 0 Å². The third kappa shape index (κ3) is 5.62. The Morgan fingerprint density at radius 3 is 2.48 bits per heavy atom. The predicted molar refractivity (Wildman–Crippen MR) is 137 cm³/mol. The van der Waals surface area contributed by atoms with Gasteiger partial charge in [0.1, 0.15) is 0 Å². The lowest BCUT2D eigenvalue weighted by Gasteiger charge is -2.13. The van der Waals surface area contributed by atoms with Crippen LogP contribution in [-0.4, -0.2) is 23.4 Å². The lowest BCUT2D eigenvalue weighted by atomic mass is 10.0. The largest absolute Gasteiger partial charge is 0.361 e. The van der Waals surface area contributed by atoms with Crippen LogP contribution in [0.2, 0.25) is 5.02 Å². The van der Waals surface area contributed by atoms with Crippen molar-refractivity contribution in [2.45, 2.75) is 26.2 Å². The minimum Gasteiger partial charge on any atom is -0.361 e. The predicted octanol–water partition coefficient (Wildman–Crippen LogP) is 6.39. The minimum atomic E-state index is -0.308. The first-order valence-electron chi connectivity index (χ1n) is 11.0. The van der Waals surface area contributed by atoms with Crippen molar-refractivity contribution in [3.63, 3.8) is 0 Å². The molecule has 0 radical (unpaired) electrons. The van der Waals surface area contributed by atoms with Gasteiger partial charge < -0.3 is 10.3 Å². The maximum Gasteiger partial charge on any atom is 0.259 e. The Balaban J connectivity index is 1.53. The molecule has 0 unspecified atom stereocenters. The Labute approximate surface area is 198 Å². The molecule has 0 atom stereocenters. The maximum atomic E-state index is 12.9. The van der Waals surface area contributed by atoms with E-state index in [4.69, 9.17) is 11.6 Å². The second kappa shape index (κ2) is 10.4. The number of aromatic nitrogens is 1. The van der Waals surface area contributed by atoms with Gasteiger partial charge >= 0.3 is 0 Å². The fourth-order valence-corrected chi connectivity index (χ4v) is 3.87. The van der Waals surface area contributed by atoms with E-state index in [1.807, 2.05) is 30.5 Å². The zero-order valence-electron chi connectivity index (χ0n) is 18.7. The van der Waals surface area contributed by atoms with Gasteiger partial charge in [-0.15, -0.1) is 0 Å². The first-order valence-corrected chi connectivity index (χ1v) is 11.4. The molecule has 0 bridgehead atoms. The summed E-state index contributed by atoms with van der Waals surface area (Å²) in [5.41, 5.74) is 4.79. The van der Waals surface area contributed by atoms with Crippen molar-refractivity contribution in [2.75, 3.05) is 11.9 Å². The summed E-state index contributed by atoms with van der Waals surface area (Å²) in [6.07, 6.45) is 2.75. The van der Waals surface area contributed by atoms with Gasteiger partial charge in [0.05, 0.1) is 10.6 Å². The van der Waals surface area contributed by atoms with Gasteiger partial charge in [0, 0.05) is 29.3 Å². The highest BCUT2D eigenvalue weighted by molar-refractivity contribution is 6.34. The molecule has 3 N–H and O–H groups in total. The molecular weight excluding hydrogens is 432 g/mol. The maximum absolute atomic E-state index is 12.9. The van der Waals surface area contributed by atoms with Crippen molar-refractivity contribution in [3.05, 3.63) is 101 Å². The highest BCUT2D eigenvalue weighted by Crippen LogP contribution is 2.19. The summed E-state index contributed by atoms with van der Waals surface area (Å²) in [5.74, 6) is 0.526. The molecule has 0 aliphatic carbocycles. The van der Waals surface area contributed by atoms with Crippen LogP contribution in [0.15, 0.2) is 84.0 Å². The van der Waals surface area contributed by atoms with E-state index in [-0.39, 0.29) is 5.91 Å². The van der Waals surface area contributed by atoms with Gasteiger partial charge in [-0.05, 0) is 53.8 Å². The summed E-state index contributed by atoms with van der Waals surface area (Å²) in [4.78, 5) is 20.8. The van der Waals surface area contributed by atoms with Gasteiger partial charge in [0.25, 0.3) is 5.91 Å². The van der Waals surface area contributed by atoms with Gasteiger partial charge in [-0.25, -0.2) is 0 Å². The van der Waals surface area contributed by atoms with Gasteiger partial charge in [-0.1, -0.05) is 67.9 Å². The molecule has 0 aliphatic rings. The molecule has 5 nitrogen and oxygen atoms in total. The van der Waals surface area contributed by atoms with Crippen LogP contribution >= 0.6 is 11.6 Å².